The Hall–Kier alpha value is -3.73. The molecule has 0 amide bonds. The van der Waals surface area contributed by atoms with Crippen molar-refractivity contribution in [2.45, 2.75) is 50.6 Å². The van der Waals surface area contributed by atoms with Crippen LogP contribution in [-0.2, 0) is 11.1 Å². The fourth-order valence-electron chi connectivity index (χ4n) is 4.48. The average molecular weight is 505 g/mol. The Labute approximate surface area is 216 Å². The third-order valence-corrected chi connectivity index (χ3v) is 7.04. The van der Waals surface area contributed by atoms with Crippen LogP contribution in [-0.4, -0.2) is 58.6 Å². The van der Waals surface area contributed by atoms with Gasteiger partial charge in [0.1, 0.15) is 12.7 Å². The third kappa shape index (κ3) is 5.91. The minimum atomic E-state index is -0.334. The van der Waals surface area contributed by atoms with E-state index in [1.165, 1.54) is 11.1 Å². The normalized spacial score (nSPS) is 14.5. The molecular formula is C25H32N10S. The van der Waals surface area contributed by atoms with Crippen molar-refractivity contribution in [3.8, 4) is 0 Å². The molecule has 11 heteroatoms. The Bertz CT molecular complexity index is 1090. The van der Waals surface area contributed by atoms with Crippen LogP contribution in [0.5, 0.6) is 0 Å². The maximum atomic E-state index is 5.52. The fourth-order valence-corrected chi connectivity index (χ4v) is 4.69. The minimum Gasteiger partial charge on any atom is -0.363 e. The van der Waals surface area contributed by atoms with Gasteiger partial charge < -0.3 is 10.6 Å². The monoisotopic (exact) mass is 504 g/mol. The van der Waals surface area contributed by atoms with E-state index in [-0.39, 0.29) is 11.1 Å². The molecule has 0 aliphatic rings. The molecule has 0 radical (unpaired) electrons. The lowest BCUT2D eigenvalue weighted by Gasteiger charge is -2.30. The molecule has 0 aliphatic carbocycles. The van der Waals surface area contributed by atoms with Crippen LogP contribution >= 0.6 is 12.2 Å². The number of aromatic nitrogens is 8. The molecule has 188 valence electrons. The van der Waals surface area contributed by atoms with E-state index in [1.807, 2.05) is 45.8 Å². The molecule has 10 nitrogen and oxygen atoms in total. The smallest absolute Gasteiger partial charge is 0.166 e. The lowest BCUT2D eigenvalue weighted by atomic mass is 9.87. The number of nitrogens with zero attached hydrogens (tertiary/aromatic N) is 8. The maximum absolute atomic E-state index is 5.52. The van der Waals surface area contributed by atoms with Crippen LogP contribution in [0.25, 0.3) is 0 Å². The second kappa shape index (κ2) is 11.8. The molecule has 2 aromatic heterocycles. The van der Waals surface area contributed by atoms with Crippen LogP contribution in [0.4, 0.5) is 0 Å². The summed E-state index contributed by atoms with van der Waals surface area (Å²) in [6, 6.07) is 20.6. The van der Waals surface area contributed by atoms with Crippen LogP contribution in [0.3, 0.4) is 0 Å². The van der Waals surface area contributed by atoms with Gasteiger partial charge in [-0.05, 0) is 83.7 Å². The van der Waals surface area contributed by atoms with Crippen LogP contribution in [0.15, 0.2) is 73.3 Å². The highest BCUT2D eigenvalue weighted by atomic mass is 32.1. The summed E-state index contributed by atoms with van der Waals surface area (Å²) in [4.78, 5) is 0. The highest BCUT2D eigenvalue weighted by Gasteiger charge is 2.30. The lowest BCUT2D eigenvalue weighted by molar-refractivity contribution is 0.312. The second-order valence-electron chi connectivity index (χ2n) is 9.18. The van der Waals surface area contributed by atoms with Crippen LogP contribution in [0.1, 0.15) is 50.7 Å². The number of rotatable bonds is 12. The molecule has 2 atom stereocenters. The molecular weight excluding hydrogens is 472 g/mol. The number of hydrogen-bond acceptors (Lipinski definition) is 7. The summed E-state index contributed by atoms with van der Waals surface area (Å²) in [7, 11) is 0. The topological polar surface area (TPSA) is 111 Å². The van der Waals surface area contributed by atoms with Gasteiger partial charge in [0.15, 0.2) is 5.11 Å². The maximum Gasteiger partial charge on any atom is 0.166 e. The van der Waals surface area contributed by atoms with Gasteiger partial charge in [0.05, 0.1) is 11.1 Å². The van der Waals surface area contributed by atoms with E-state index in [9.17, 15) is 0 Å². The zero-order valence-corrected chi connectivity index (χ0v) is 21.5. The molecule has 0 saturated heterocycles. The summed E-state index contributed by atoms with van der Waals surface area (Å²) >= 11 is 5.52. The van der Waals surface area contributed by atoms with Gasteiger partial charge in [0, 0.05) is 13.1 Å². The molecule has 0 bridgehead atoms. The summed E-state index contributed by atoms with van der Waals surface area (Å²) < 4.78 is 3.65. The van der Waals surface area contributed by atoms with Gasteiger partial charge in [-0.15, -0.1) is 10.2 Å². The Kier molecular flexibility index (Phi) is 8.32. The predicted molar refractivity (Wildman–Crippen MR) is 141 cm³/mol. The van der Waals surface area contributed by atoms with E-state index in [2.05, 4.69) is 79.8 Å². The number of nitrogens with one attached hydrogen (secondary N) is 2. The molecule has 2 heterocycles. The average Bonchev–Trinajstić information content (AvgIpc) is 3.65. The van der Waals surface area contributed by atoms with Crippen LogP contribution in [0.2, 0.25) is 0 Å². The minimum absolute atomic E-state index is 0.334. The molecule has 4 rings (SSSR count). The first kappa shape index (κ1) is 25.4. The van der Waals surface area contributed by atoms with Crippen molar-refractivity contribution in [3.05, 3.63) is 84.4 Å². The number of benzene rings is 2. The van der Waals surface area contributed by atoms with Crippen molar-refractivity contribution in [1.82, 2.24) is 51.0 Å². The predicted octanol–water partition coefficient (Wildman–Crippen LogP) is 2.91. The fraction of sp³-hybridized carbons (Fsp3) is 0.400. The van der Waals surface area contributed by atoms with Gasteiger partial charge in [-0.25, -0.2) is 9.36 Å². The van der Waals surface area contributed by atoms with E-state index < -0.39 is 0 Å². The van der Waals surface area contributed by atoms with Crippen molar-refractivity contribution in [2.75, 3.05) is 13.1 Å². The first-order chi connectivity index (χ1) is 17.5. The van der Waals surface area contributed by atoms with Crippen LogP contribution in [0, 0.1) is 0 Å². The SMILES string of the molecule is CC(CCCNC(=S)NCCCC(C)(c1ccccc1)n1cnnn1)(c1ccccc1)n1cnnn1. The Morgan fingerprint density at radius 2 is 1.14 bits per heavy atom. The molecule has 36 heavy (non-hydrogen) atoms. The quantitative estimate of drug-likeness (QED) is 0.222. The summed E-state index contributed by atoms with van der Waals surface area (Å²) in [6.45, 7) is 5.82. The number of thiocarbonyl (C=S) groups is 1. The summed E-state index contributed by atoms with van der Waals surface area (Å²) in [5.74, 6) is 0. The van der Waals surface area contributed by atoms with Gasteiger partial charge in [-0.3, -0.25) is 0 Å². The highest BCUT2D eigenvalue weighted by molar-refractivity contribution is 7.80. The molecule has 2 N–H and O–H groups in total. The zero-order chi connectivity index (χ0) is 25.3. The van der Waals surface area contributed by atoms with E-state index in [4.69, 9.17) is 12.2 Å². The Morgan fingerprint density at radius 1 is 0.722 bits per heavy atom. The molecule has 0 saturated carbocycles. The first-order valence-electron chi connectivity index (χ1n) is 12.1. The molecule has 0 aliphatic heterocycles. The summed E-state index contributed by atoms with van der Waals surface area (Å²) in [6.07, 6.45) is 6.87. The number of tetrazole rings is 2. The molecule has 2 unspecified atom stereocenters. The van der Waals surface area contributed by atoms with Gasteiger partial charge in [-0.2, -0.15) is 0 Å². The molecule has 0 fully saturated rings. The second-order valence-corrected chi connectivity index (χ2v) is 9.59. The van der Waals surface area contributed by atoms with Crippen molar-refractivity contribution in [3.63, 3.8) is 0 Å². The molecule has 4 aromatic rings. The Balaban J connectivity index is 1.24. The van der Waals surface area contributed by atoms with Gasteiger partial charge >= 0.3 is 0 Å². The summed E-state index contributed by atoms with van der Waals surface area (Å²) in [5, 5.41) is 31.0. The summed E-state index contributed by atoms with van der Waals surface area (Å²) in [5.41, 5.74) is 1.67. The standard InChI is InChI=1S/C25H32N10S/c1-24(34-19-28-30-32-34,21-11-5-3-6-12-21)15-9-17-26-23(36)27-18-10-16-25(2,35-20-29-31-33-35)22-13-7-4-8-14-22/h3-8,11-14,19-20H,9-10,15-18H2,1-2H3,(H2,26,27,36). The lowest BCUT2D eigenvalue weighted by Crippen LogP contribution is -2.39. The van der Waals surface area contributed by atoms with Crippen molar-refractivity contribution >= 4 is 17.3 Å². The van der Waals surface area contributed by atoms with Crippen LogP contribution < -0.4 is 10.6 Å². The van der Waals surface area contributed by atoms with Crippen molar-refractivity contribution in [1.29, 1.82) is 0 Å². The first-order valence-corrected chi connectivity index (χ1v) is 12.5. The van der Waals surface area contributed by atoms with Gasteiger partial charge in [0.2, 0.25) is 0 Å². The van der Waals surface area contributed by atoms with E-state index >= 15 is 0 Å². The molecule has 0 spiro atoms. The Morgan fingerprint density at radius 3 is 1.50 bits per heavy atom. The van der Waals surface area contributed by atoms with Gasteiger partial charge in [0.25, 0.3) is 0 Å². The van der Waals surface area contributed by atoms with Gasteiger partial charge in [-0.1, -0.05) is 60.7 Å². The molecule has 2 aromatic carbocycles. The third-order valence-electron chi connectivity index (χ3n) is 6.75. The van der Waals surface area contributed by atoms with Crippen molar-refractivity contribution < 1.29 is 0 Å². The van der Waals surface area contributed by atoms with Crippen molar-refractivity contribution in [2.24, 2.45) is 0 Å². The largest absolute Gasteiger partial charge is 0.363 e. The van der Waals surface area contributed by atoms with E-state index in [0.717, 1.165) is 38.8 Å². The van der Waals surface area contributed by atoms with E-state index in [1.54, 1.807) is 12.7 Å². The van der Waals surface area contributed by atoms with E-state index in [0.29, 0.717) is 5.11 Å². The zero-order valence-electron chi connectivity index (χ0n) is 20.7. The number of hydrogen-bond donors (Lipinski definition) is 2. The highest BCUT2D eigenvalue weighted by Crippen LogP contribution is 2.30.